The number of alkyl halides is 1. The molecule has 1 amide bonds. The van der Waals surface area contributed by atoms with Crippen LogP contribution in [0.25, 0.3) is 0 Å². The molecule has 17 heavy (non-hydrogen) atoms. The van der Waals surface area contributed by atoms with Gasteiger partial charge in [0.25, 0.3) is 0 Å². The van der Waals surface area contributed by atoms with Crippen LogP contribution < -0.4 is 0 Å². The van der Waals surface area contributed by atoms with Crippen molar-refractivity contribution in [1.82, 2.24) is 4.90 Å². The fourth-order valence-corrected chi connectivity index (χ4v) is 2.77. The summed E-state index contributed by atoms with van der Waals surface area (Å²) < 4.78 is 0. The first kappa shape index (κ1) is 14.8. The monoisotopic (exact) mass is 259 g/mol. The molecule has 1 rings (SSSR count). The van der Waals surface area contributed by atoms with E-state index in [-0.39, 0.29) is 0 Å². The van der Waals surface area contributed by atoms with Gasteiger partial charge in [-0.1, -0.05) is 25.7 Å². The minimum Gasteiger partial charge on any atom is -0.343 e. The molecule has 0 aliphatic heterocycles. The molecule has 0 spiro atoms. The summed E-state index contributed by atoms with van der Waals surface area (Å²) >= 11 is 5.68. The molecule has 0 aromatic rings. The van der Waals surface area contributed by atoms with Crippen molar-refractivity contribution in [3.8, 4) is 0 Å². The van der Waals surface area contributed by atoms with Gasteiger partial charge in [0.1, 0.15) is 0 Å². The van der Waals surface area contributed by atoms with Gasteiger partial charge < -0.3 is 4.90 Å². The summed E-state index contributed by atoms with van der Waals surface area (Å²) in [6, 6.07) is 0. The Labute approximate surface area is 111 Å². The van der Waals surface area contributed by atoms with Crippen molar-refractivity contribution in [3.63, 3.8) is 0 Å². The summed E-state index contributed by atoms with van der Waals surface area (Å²) in [4.78, 5) is 14.1. The summed E-state index contributed by atoms with van der Waals surface area (Å²) in [7, 11) is 0. The van der Waals surface area contributed by atoms with Gasteiger partial charge in [-0.2, -0.15) is 0 Å². The van der Waals surface area contributed by atoms with E-state index in [2.05, 4.69) is 6.92 Å². The van der Waals surface area contributed by atoms with Crippen LogP contribution in [0.3, 0.4) is 0 Å². The van der Waals surface area contributed by atoms with Crippen LogP contribution in [0.4, 0.5) is 0 Å². The molecule has 0 bridgehead atoms. The largest absolute Gasteiger partial charge is 0.343 e. The summed E-state index contributed by atoms with van der Waals surface area (Å²) in [5.74, 6) is 1.62. The van der Waals surface area contributed by atoms with E-state index in [0.717, 1.165) is 25.9 Å². The molecule has 3 heteroatoms. The SMILES string of the molecule is CCN(CCCCl)C(=O)CC1CCCCCC1. The average Bonchev–Trinajstić information content (AvgIpc) is 2.58. The molecule has 0 atom stereocenters. The molecular weight excluding hydrogens is 234 g/mol. The lowest BCUT2D eigenvalue weighted by Crippen LogP contribution is -2.33. The fourth-order valence-electron chi connectivity index (χ4n) is 2.65. The summed E-state index contributed by atoms with van der Waals surface area (Å²) in [5.41, 5.74) is 0. The van der Waals surface area contributed by atoms with E-state index in [1.165, 1.54) is 38.5 Å². The molecule has 1 aliphatic carbocycles. The molecule has 1 saturated carbocycles. The number of hydrogen-bond acceptors (Lipinski definition) is 1. The van der Waals surface area contributed by atoms with Crippen molar-refractivity contribution in [2.75, 3.05) is 19.0 Å². The van der Waals surface area contributed by atoms with Crippen LogP contribution >= 0.6 is 11.6 Å². The highest BCUT2D eigenvalue weighted by Gasteiger charge is 2.19. The smallest absolute Gasteiger partial charge is 0.222 e. The number of rotatable bonds is 6. The van der Waals surface area contributed by atoms with Crippen LogP contribution in [0.5, 0.6) is 0 Å². The Morgan fingerprint density at radius 3 is 2.41 bits per heavy atom. The van der Waals surface area contributed by atoms with Gasteiger partial charge >= 0.3 is 0 Å². The van der Waals surface area contributed by atoms with Crippen LogP contribution in [-0.4, -0.2) is 29.8 Å². The third-order valence-corrected chi connectivity index (χ3v) is 4.00. The van der Waals surface area contributed by atoms with E-state index in [9.17, 15) is 4.79 Å². The molecule has 0 aromatic carbocycles. The van der Waals surface area contributed by atoms with Crippen LogP contribution in [0.15, 0.2) is 0 Å². The molecule has 0 heterocycles. The minimum absolute atomic E-state index is 0.338. The Bertz CT molecular complexity index is 212. The molecular formula is C14H26ClNO. The van der Waals surface area contributed by atoms with Gasteiger partial charge in [0, 0.05) is 25.4 Å². The fraction of sp³-hybridized carbons (Fsp3) is 0.929. The molecule has 0 saturated heterocycles. The van der Waals surface area contributed by atoms with Crippen LogP contribution in [0.2, 0.25) is 0 Å². The van der Waals surface area contributed by atoms with Gasteiger partial charge in [-0.05, 0) is 32.1 Å². The van der Waals surface area contributed by atoms with Crippen molar-refractivity contribution in [1.29, 1.82) is 0 Å². The van der Waals surface area contributed by atoms with E-state index in [1.54, 1.807) is 0 Å². The van der Waals surface area contributed by atoms with Crippen molar-refractivity contribution in [2.24, 2.45) is 5.92 Å². The summed E-state index contributed by atoms with van der Waals surface area (Å²) in [6.45, 7) is 3.70. The number of hydrogen-bond donors (Lipinski definition) is 0. The predicted molar refractivity (Wildman–Crippen MR) is 73.4 cm³/mol. The van der Waals surface area contributed by atoms with Gasteiger partial charge in [-0.3, -0.25) is 4.79 Å². The lowest BCUT2D eigenvalue weighted by atomic mass is 9.96. The Morgan fingerprint density at radius 2 is 1.88 bits per heavy atom. The summed E-state index contributed by atoms with van der Waals surface area (Å²) in [5, 5.41) is 0. The van der Waals surface area contributed by atoms with Crippen molar-refractivity contribution >= 4 is 17.5 Å². The van der Waals surface area contributed by atoms with E-state index in [4.69, 9.17) is 11.6 Å². The molecule has 0 unspecified atom stereocenters. The van der Waals surface area contributed by atoms with E-state index in [1.807, 2.05) is 4.90 Å². The van der Waals surface area contributed by atoms with Crippen LogP contribution in [-0.2, 0) is 4.79 Å². The van der Waals surface area contributed by atoms with Gasteiger partial charge in [0.2, 0.25) is 5.91 Å². The Morgan fingerprint density at radius 1 is 1.24 bits per heavy atom. The predicted octanol–water partition coefficient (Wildman–Crippen LogP) is 3.82. The van der Waals surface area contributed by atoms with Gasteiger partial charge in [0.05, 0.1) is 0 Å². The second-order valence-corrected chi connectivity index (χ2v) is 5.46. The topological polar surface area (TPSA) is 20.3 Å². The zero-order valence-electron chi connectivity index (χ0n) is 11.1. The second kappa shape index (κ2) is 8.79. The number of halogens is 1. The number of nitrogens with zero attached hydrogens (tertiary/aromatic N) is 1. The maximum atomic E-state index is 12.1. The van der Waals surface area contributed by atoms with Crippen molar-refractivity contribution < 1.29 is 4.79 Å². The zero-order chi connectivity index (χ0) is 12.5. The molecule has 0 radical (unpaired) electrons. The first-order valence-corrected chi connectivity index (χ1v) is 7.65. The van der Waals surface area contributed by atoms with E-state index in [0.29, 0.717) is 17.7 Å². The highest BCUT2D eigenvalue weighted by atomic mass is 35.5. The summed E-state index contributed by atoms with van der Waals surface area (Å²) in [6.07, 6.45) is 9.50. The van der Waals surface area contributed by atoms with Gasteiger partial charge in [0.15, 0.2) is 0 Å². The standard InChI is InChI=1S/C14H26ClNO/c1-2-16(11-7-10-15)14(17)12-13-8-5-3-4-6-9-13/h13H,2-12H2,1H3. The average molecular weight is 260 g/mol. The Kier molecular flexibility index (Phi) is 7.67. The van der Waals surface area contributed by atoms with Crippen molar-refractivity contribution in [3.05, 3.63) is 0 Å². The van der Waals surface area contributed by atoms with Gasteiger partial charge in [-0.25, -0.2) is 0 Å². The van der Waals surface area contributed by atoms with E-state index < -0.39 is 0 Å². The number of carbonyl (C=O) groups is 1. The second-order valence-electron chi connectivity index (χ2n) is 5.08. The molecule has 0 N–H and O–H groups in total. The molecule has 2 nitrogen and oxygen atoms in total. The quantitative estimate of drug-likeness (QED) is 0.525. The van der Waals surface area contributed by atoms with Crippen molar-refractivity contribution in [2.45, 2.75) is 58.3 Å². The third-order valence-electron chi connectivity index (χ3n) is 3.73. The maximum Gasteiger partial charge on any atom is 0.222 e. The molecule has 1 aliphatic rings. The van der Waals surface area contributed by atoms with E-state index >= 15 is 0 Å². The van der Waals surface area contributed by atoms with Gasteiger partial charge in [-0.15, -0.1) is 11.6 Å². The number of carbonyl (C=O) groups excluding carboxylic acids is 1. The first-order chi connectivity index (χ1) is 8.27. The maximum absolute atomic E-state index is 12.1. The first-order valence-electron chi connectivity index (χ1n) is 7.11. The molecule has 1 fully saturated rings. The third kappa shape index (κ3) is 5.76. The molecule has 100 valence electrons. The van der Waals surface area contributed by atoms with Crippen LogP contribution in [0.1, 0.15) is 58.3 Å². The zero-order valence-corrected chi connectivity index (χ0v) is 11.8. The lowest BCUT2D eigenvalue weighted by Gasteiger charge is -2.23. The van der Waals surface area contributed by atoms with Crippen LogP contribution in [0, 0.1) is 5.92 Å². The Hall–Kier alpha value is -0.240. The Balaban J connectivity index is 2.33. The highest BCUT2D eigenvalue weighted by Crippen LogP contribution is 2.25. The highest BCUT2D eigenvalue weighted by molar-refractivity contribution is 6.17. The minimum atomic E-state index is 0.338. The normalized spacial score (nSPS) is 17.8. The number of amides is 1. The lowest BCUT2D eigenvalue weighted by molar-refractivity contribution is -0.132. The molecule has 0 aromatic heterocycles.